The molecule has 1 aliphatic heterocycles. The highest BCUT2D eigenvalue weighted by Crippen LogP contribution is 2.40. The predicted molar refractivity (Wildman–Crippen MR) is 138 cm³/mol. The van der Waals surface area contributed by atoms with E-state index in [1.54, 1.807) is 33.1 Å². The van der Waals surface area contributed by atoms with Gasteiger partial charge in [0.1, 0.15) is 6.04 Å². The van der Waals surface area contributed by atoms with Gasteiger partial charge < -0.3 is 24.4 Å². The van der Waals surface area contributed by atoms with Crippen LogP contribution in [-0.4, -0.2) is 80.9 Å². The molecular formula is C26H35N3O5S. The quantitative estimate of drug-likeness (QED) is 0.507. The first-order chi connectivity index (χ1) is 17.0. The maximum atomic E-state index is 13.2. The summed E-state index contributed by atoms with van der Waals surface area (Å²) in [4.78, 5) is 29.1. The minimum atomic E-state index is -0.529. The molecule has 1 fully saturated rings. The van der Waals surface area contributed by atoms with Crippen molar-refractivity contribution in [1.82, 2.24) is 15.1 Å². The average molecular weight is 502 g/mol. The van der Waals surface area contributed by atoms with Crippen molar-refractivity contribution in [2.24, 2.45) is 0 Å². The van der Waals surface area contributed by atoms with E-state index in [-0.39, 0.29) is 11.8 Å². The van der Waals surface area contributed by atoms with E-state index < -0.39 is 6.04 Å². The van der Waals surface area contributed by atoms with Gasteiger partial charge >= 0.3 is 0 Å². The molecule has 1 saturated heterocycles. The van der Waals surface area contributed by atoms with Crippen molar-refractivity contribution in [2.45, 2.75) is 25.3 Å². The minimum absolute atomic E-state index is 0.0240. The molecule has 2 aromatic rings. The van der Waals surface area contributed by atoms with Gasteiger partial charge in [-0.3, -0.25) is 14.5 Å². The van der Waals surface area contributed by atoms with E-state index in [9.17, 15) is 9.59 Å². The highest BCUT2D eigenvalue weighted by atomic mass is 32.2. The number of rotatable bonds is 11. The summed E-state index contributed by atoms with van der Waals surface area (Å²) in [6.45, 7) is 4.80. The number of carbonyl (C=O) groups is 2. The summed E-state index contributed by atoms with van der Waals surface area (Å²) in [5, 5.41) is 2.85. The Hall–Kier alpha value is -2.91. The van der Waals surface area contributed by atoms with E-state index >= 15 is 0 Å². The van der Waals surface area contributed by atoms with Crippen LogP contribution in [0.4, 0.5) is 0 Å². The predicted octanol–water partition coefficient (Wildman–Crippen LogP) is 2.79. The van der Waals surface area contributed by atoms with Crippen LogP contribution < -0.4 is 19.5 Å². The molecule has 190 valence electrons. The summed E-state index contributed by atoms with van der Waals surface area (Å²) in [5.41, 5.74) is 2.20. The van der Waals surface area contributed by atoms with E-state index in [2.05, 4.69) is 22.3 Å². The Kier molecular flexibility index (Phi) is 10.1. The molecule has 0 bridgehead atoms. The highest BCUT2D eigenvalue weighted by Gasteiger charge is 2.29. The Labute approximate surface area is 211 Å². The maximum Gasteiger partial charge on any atom is 0.246 e. The highest BCUT2D eigenvalue weighted by molar-refractivity contribution is 7.98. The fraction of sp³-hybridized carbons (Fsp3) is 0.462. The summed E-state index contributed by atoms with van der Waals surface area (Å²) >= 11 is 1.65. The lowest BCUT2D eigenvalue weighted by Crippen LogP contribution is -2.55. The van der Waals surface area contributed by atoms with Gasteiger partial charge in [-0.2, -0.15) is 11.8 Å². The lowest BCUT2D eigenvalue weighted by molar-refractivity contribution is -0.137. The van der Waals surface area contributed by atoms with Gasteiger partial charge in [0, 0.05) is 56.7 Å². The SMILES string of the molecule is COc1ccc(CN2CCN(C(=O)[C@H](CSCc3ccccc3)NC(C)=O)CC2)c(OC)c1OC. The number of piperazine rings is 1. The monoisotopic (exact) mass is 501 g/mol. The van der Waals surface area contributed by atoms with Crippen molar-refractivity contribution < 1.29 is 23.8 Å². The topological polar surface area (TPSA) is 80.3 Å². The number of thioether (sulfide) groups is 1. The zero-order valence-electron chi connectivity index (χ0n) is 20.9. The van der Waals surface area contributed by atoms with Crippen LogP contribution in [0.25, 0.3) is 0 Å². The van der Waals surface area contributed by atoms with Crippen LogP contribution in [0.3, 0.4) is 0 Å². The van der Waals surface area contributed by atoms with Crippen LogP contribution in [-0.2, 0) is 21.9 Å². The fourth-order valence-corrected chi connectivity index (χ4v) is 5.17. The number of ether oxygens (including phenoxy) is 3. The standard InChI is InChI=1S/C26H35N3O5S/c1-19(30)27-22(18-35-17-20-8-6-5-7-9-20)26(31)29-14-12-28(13-15-29)16-21-10-11-23(32-2)25(34-4)24(21)33-3/h5-11,22H,12-18H2,1-4H3,(H,27,30)/t22-/m0/s1. The van der Waals surface area contributed by atoms with Crippen molar-refractivity contribution in [3.63, 3.8) is 0 Å². The number of hydrogen-bond donors (Lipinski definition) is 1. The van der Waals surface area contributed by atoms with E-state index in [0.717, 1.165) is 24.4 Å². The number of methoxy groups -OCH3 is 3. The van der Waals surface area contributed by atoms with Crippen molar-refractivity contribution in [2.75, 3.05) is 53.3 Å². The zero-order valence-corrected chi connectivity index (χ0v) is 21.7. The van der Waals surface area contributed by atoms with Crippen molar-refractivity contribution in [3.05, 3.63) is 53.6 Å². The van der Waals surface area contributed by atoms with Crippen LogP contribution in [0.5, 0.6) is 17.2 Å². The summed E-state index contributed by atoms with van der Waals surface area (Å²) in [7, 11) is 4.81. The Morgan fingerprint density at radius 2 is 1.63 bits per heavy atom. The van der Waals surface area contributed by atoms with Gasteiger partial charge in [-0.25, -0.2) is 0 Å². The molecule has 2 amide bonds. The second-order valence-corrected chi connectivity index (χ2v) is 9.38. The number of benzene rings is 2. The summed E-state index contributed by atoms with van der Waals surface area (Å²) in [6, 6.07) is 13.4. The lowest BCUT2D eigenvalue weighted by Gasteiger charge is -2.36. The molecule has 3 rings (SSSR count). The number of amides is 2. The number of hydrogen-bond acceptors (Lipinski definition) is 7. The summed E-state index contributed by atoms with van der Waals surface area (Å²) in [6.07, 6.45) is 0. The smallest absolute Gasteiger partial charge is 0.246 e. The number of carbonyl (C=O) groups excluding carboxylic acids is 2. The van der Waals surface area contributed by atoms with E-state index in [4.69, 9.17) is 14.2 Å². The van der Waals surface area contributed by atoms with Crippen molar-refractivity contribution >= 4 is 23.6 Å². The second-order valence-electron chi connectivity index (χ2n) is 8.35. The molecule has 1 atom stereocenters. The second kappa shape index (κ2) is 13.3. The van der Waals surface area contributed by atoms with Crippen LogP contribution in [0.2, 0.25) is 0 Å². The van der Waals surface area contributed by atoms with Gasteiger partial charge in [-0.1, -0.05) is 36.4 Å². The molecule has 1 heterocycles. The lowest BCUT2D eigenvalue weighted by atomic mass is 10.1. The van der Waals surface area contributed by atoms with Gasteiger partial charge in [0.25, 0.3) is 0 Å². The third kappa shape index (κ3) is 7.29. The van der Waals surface area contributed by atoms with Crippen LogP contribution >= 0.6 is 11.8 Å². The third-order valence-corrected chi connectivity index (χ3v) is 7.04. The first kappa shape index (κ1) is 26.7. The van der Waals surface area contributed by atoms with E-state index in [0.29, 0.717) is 42.6 Å². The zero-order chi connectivity index (χ0) is 25.2. The molecule has 35 heavy (non-hydrogen) atoms. The van der Waals surface area contributed by atoms with Crippen molar-refractivity contribution in [3.8, 4) is 17.2 Å². The minimum Gasteiger partial charge on any atom is -0.493 e. The van der Waals surface area contributed by atoms with Gasteiger partial charge in [-0.15, -0.1) is 0 Å². The Morgan fingerprint density at radius 1 is 0.943 bits per heavy atom. The van der Waals surface area contributed by atoms with Crippen molar-refractivity contribution in [1.29, 1.82) is 0 Å². The molecule has 8 nitrogen and oxygen atoms in total. The fourth-order valence-electron chi connectivity index (χ4n) is 4.16. The Balaban J connectivity index is 1.57. The molecule has 0 spiro atoms. The van der Waals surface area contributed by atoms with E-state index in [1.165, 1.54) is 12.5 Å². The summed E-state index contributed by atoms with van der Waals surface area (Å²) in [5.74, 6) is 2.98. The maximum absolute atomic E-state index is 13.2. The van der Waals surface area contributed by atoms with Gasteiger partial charge in [0.05, 0.1) is 21.3 Å². The number of nitrogens with zero attached hydrogens (tertiary/aromatic N) is 2. The Morgan fingerprint density at radius 3 is 2.23 bits per heavy atom. The molecular weight excluding hydrogens is 466 g/mol. The normalized spacial score (nSPS) is 14.8. The largest absolute Gasteiger partial charge is 0.493 e. The van der Waals surface area contributed by atoms with Crippen LogP contribution in [0, 0.1) is 0 Å². The van der Waals surface area contributed by atoms with Crippen LogP contribution in [0.1, 0.15) is 18.1 Å². The van der Waals surface area contributed by atoms with Gasteiger partial charge in [0.15, 0.2) is 11.5 Å². The number of nitrogens with one attached hydrogen (secondary N) is 1. The summed E-state index contributed by atoms with van der Waals surface area (Å²) < 4.78 is 16.5. The van der Waals surface area contributed by atoms with Crippen LogP contribution in [0.15, 0.2) is 42.5 Å². The molecule has 0 saturated carbocycles. The molecule has 0 aromatic heterocycles. The van der Waals surface area contributed by atoms with E-state index in [1.807, 2.05) is 35.2 Å². The molecule has 0 aliphatic carbocycles. The average Bonchev–Trinajstić information content (AvgIpc) is 2.88. The van der Waals surface area contributed by atoms with Gasteiger partial charge in [0.2, 0.25) is 17.6 Å². The third-order valence-electron chi connectivity index (χ3n) is 5.94. The first-order valence-corrected chi connectivity index (χ1v) is 12.8. The van der Waals surface area contributed by atoms with Gasteiger partial charge in [-0.05, 0) is 11.6 Å². The first-order valence-electron chi connectivity index (χ1n) is 11.6. The molecule has 0 radical (unpaired) electrons. The molecule has 0 unspecified atom stereocenters. The Bertz CT molecular complexity index is 980. The molecule has 1 N–H and O–H groups in total. The molecule has 1 aliphatic rings. The molecule has 2 aromatic carbocycles. The molecule has 9 heteroatoms.